The molecule has 2 rings (SSSR count). The van der Waals surface area contributed by atoms with Crippen LogP contribution in [0, 0.1) is 0 Å². The van der Waals surface area contributed by atoms with Crippen LogP contribution in [0.25, 0.3) is 0 Å². The predicted octanol–water partition coefficient (Wildman–Crippen LogP) is 3.16. The van der Waals surface area contributed by atoms with Crippen molar-refractivity contribution in [1.82, 2.24) is 0 Å². The summed E-state index contributed by atoms with van der Waals surface area (Å²) in [7, 11) is 0. The Bertz CT molecular complexity index is 448. The number of ether oxygens (including phenoxy) is 1. The van der Waals surface area contributed by atoms with Gasteiger partial charge in [-0.25, -0.2) is 0 Å². The fourth-order valence-electron chi connectivity index (χ4n) is 1.92. The van der Waals surface area contributed by atoms with Crippen molar-refractivity contribution < 1.29 is 9.53 Å². The number of Topliss-reactive ketones (excluding diaryl/α,β-unsaturated/α-hetero) is 1. The average Bonchev–Trinajstić information content (AvgIpc) is 2.28. The molecule has 0 saturated carbocycles. The third-order valence-corrected chi connectivity index (χ3v) is 3.13. The number of fused-ring (bicyclic) bond motifs is 1. The second-order valence-corrected chi connectivity index (χ2v) is 4.50. The molecular weight excluding hydrogens is 200 g/mol. The molecular formula is C14H16O2. The number of ketones is 1. The zero-order valence-corrected chi connectivity index (χ0v) is 9.75. The van der Waals surface area contributed by atoms with Crippen LogP contribution in [0.15, 0.2) is 30.9 Å². The van der Waals surface area contributed by atoms with Gasteiger partial charge in [0.1, 0.15) is 11.4 Å². The Kier molecular flexibility index (Phi) is 2.58. The van der Waals surface area contributed by atoms with Gasteiger partial charge in [-0.05, 0) is 56.5 Å². The molecule has 0 saturated heterocycles. The maximum atomic E-state index is 11.3. The smallest absolute Gasteiger partial charge is 0.159 e. The molecule has 0 N–H and O–H groups in total. The molecule has 1 heterocycles. The van der Waals surface area contributed by atoms with E-state index in [0.29, 0.717) is 0 Å². The first-order valence-corrected chi connectivity index (χ1v) is 5.50. The van der Waals surface area contributed by atoms with Crippen molar-refractivity contribution in [3.8, 4) is 5.75 Å². The van der Waals surface area contributed by atoms with Gasteiger partial charge in [-0.2, -0.15) is 0 Å². The normalized spacial score (nSPS) is 23.1. The highest BCUT2D eigenvalue weighted by atomic mass is 16.5. The van der Waals surface area contributed by atoms with Crippen LogP contribution in [0.2, 0.25) is 0 Å². The minimum absolute atomic E-state index is 0.0971. The molecule has 0 amide bonds. The van der Waals surface area contributed by atoms with E-state index >= 15 is 0 Å². The van der Waals surface area contributed by atoms with Crippen LogP contribution >= 0.6 is 0 Å². The molecule has 1 unspecified atom stereocenters. The Labute approximate surface area is 95.9 Å². The Morgan fingerprint density at radius 3 is 2.94 bits per heavy atom. The Morgan fingerprint density at radius 2 is 2.31 bits per heavy atom. The molecule has 84 valence electrons. The van der Waals surface area contributed by atoms with Gasteiger partial charge in [-0.1, -0.05) is 6.58 Å². The van der Waals surface area contributed by atoms with Crippen molar-refractivity contribution in [3.05, 3.63) is 42.0 Å². The molecule has 0 aromatic heterocycles. The molecule has 16 heavy (non-hydrogen) atoms. The third kappa shape index (κ3) is 1.87. The first-order valence-electron chi connectivity index (χ1n) is 5.50. The summed E-state index contributed by atoms with van der Waals surface area (Å²) in [6.45, 7) is 7.41. The second kappa shape index (κ2) is 3.78. The van der Waals surface area contributed by atoms with Crippen LogP contribution in [0.5, 0.6) is 5.75 Å². The summed E-state index contributed by atoms with van der Waals surface area (Å²) in [5.74, 6) is 0.971. The van der Waals surface area contributed by atoms with Crippen LogP contribution in [0.3, 0.4) is 0 Å². The largest absolute Gasteiger partial charge is 0.483 e. The Hall–Kier alpha value is -1.57. The van der Waals surface area contributed by atoms with Crippen molar-refractivity contribution in [2.45, 2.75) is 32.3 Å². The summed E-state index contributed by atoms with van der Waals surface area (Å²) < 4.78 is 5.87. The number of carbonyl (C=O) groups is 1. The highest BCUT2D eigenvalue weighted by Crippen LogP contribution is 2.34. The van der Waals surface area contributed by atoms with Gasteiger partial charge in [-0.3, -0.25) is 4.79 Å². The lowest BCUT2D eigenvalue weighted by Crippen LogP contribution is -2.33. The molecule has 1 atom stereocenters. The zero-order chi connectivity index (χ0) is 11.8. The van der Waals surface area contributed by atoms with E-state index in [1.807, 2.05) is 31.2 Å². The molecule has 2 heteroatoms. The third-order valence-electron chi connectivity index (χ3n) is 3.13. The fourth-order valence-corrected chi connectivity index (χ4v) is 1.92. The first kappa shape index (κ1) is 10.9. The molecule has 0 spiro atoms. The number of benzene rings is 1. The van der Waals surface area contributed by atoms with Crippen molar-refractivity contribution in [3.63, 3.8) is 0 Å². The van der Waals surface area contributed by atoms with Gasteiger partial charge >= 0.3 is 0 Å². The summed E-state index contributed by atoms with van der Waals surface area (Å²) in [6, 6.07) is 5.63. The van der Waals surface area contributed by atoms with Gasteiger partial charge in [0.25, 0.3) is 0 Å². The lowest BCUT2D eigenvalue weighted by Gasteiger charge is -2.33. The predicted molar refractivity (Wildman–Crippen MR) is 64.0 cm³/mol. The summed E-state index contributed by atoms with van der Waals surface area (Å²) in [5, 5.41) is 0. The summed E-state index contributed by atoms with van der Waals surface area (Å²) in [5.41, 5.74) is 1.60. The maximum absolute atomic E-state index is 11.3. The highest BCUT2D eigenvalue weighted by Gasteiger charge is 2.28. The van der Waals surface area contributed by atoms with Crippen LogP contribution < -0.4 is 4.74 Å². The number of carbonyl (C=O) groups excluding carboxylic acids is 1. The molecule has 1 aliphatic rings. The SMILES string of the molecule is C=CC1(C)CCc2cc(C(C)=O)ccc2O1. The molecule has 0 bridgehead atoms. The van der Waals surface area contributed by atoms with E-state index in [4.69, 9.17) is 4.74 Å². The fraction of sp³-hybridized carbons (Fsp3) is 0.357. The van der Waals surface area contributed by atoms with Crippen molar-refractivity contribution in [2.24, 2.45) is 0 Å². The molecule has 0 fully saturated rings. The number of aryl methyl sites for hydroxylation is 1. The van der Waals surface area contributed by atoms with E-state index in [-0.39, 0.29) is 11.4 Å². The van der Waals surface area contributed by atoms with E-state index in [9.17, 15) is 4.79 Å². The molecule has 0 radical (unpaired) electrons. The highest BCUT2D eigenvalue weighted by molar-refractivity contribution is 5.94. The minimum Gasteiger partial charge on any atom is -0.483 e. The lowest BCUT2D eigenvalue weighted by molar-refractivity contribution is 0.101. The first-order chi connectivity index (χ1) is 7.54. The van der Waals surface area contributed by atoms with E-state index in [1.165, 1.54) is 0 Å². The van der Waals surface area contributed by atoms with Crippen molar-refractivity contribution in [2.75, 3.05) is 0 Å². The van der Waals surface area contributed by atoms with Gasteiger partial charge in [0.2, 0.25) is 0 Å². The number of hydrogen-bond donors (Lipinski definition) is 0. The maximum Gasteiger partial charge on any atom is 0.159 e. The van der Waals surface area contributed by atoms with E-state index in [2.05, 4.69) is 6.58 Å². The number of rotatable bonds is 2. The van der Waals surface area contributed by atoms with E-state index in [0.717, 1.165) is 29.7 Å². The van der Waals surface area contributed by atoms with Gasteiger partial charge in [0.15, 0.2) is 5.78 Å². The Morgan fingerprint density at radius 1 is 1.56 bits per heavy atom. The number of hydrogen-bond acceptors (Lipinski definition) is 2. The standard InChI is InChI=1S/C14H16O2/c1-4-14(3)8-7-12-9-11(10(2)15)5-6-13(12)16-14/h4-6,9H,1,7-8H2,2-3H3. The molecule has 1 aromatic rings. The average molecular weight is 216 g/mol. The van der Waals surface area contributed by atoms with Gasteiger partial charge < -0.3 is 4.74 Å². The molecule has 1 aliphatic heterocycles. The minimum atomic E-state index is -0.273. The topological polar surface area (TPSA) is 26.3 Å². The summed E-state index contributed by atoms with van der Waals surface area (Å²) in [6.07, 6.45) is 3.68. The van der Waals surface area contributed by atoms with Crippen LogP contribution in [-0.2, 0) is 6.42 Å². The molecule has 1 aromatic carbocycles. The lowest BCUT2D eigenvalue weighted by atomic mass is 9.91. The van der Waals surface area contributed by atoms with E-state index in [1.54, 1.807) is 6.92 Å². The summed E-state index contributed by atoms with van der Waals surface area (Å²) >= 11 is 0. The van der Waals surface area contributed by atoms with Crippen molar-refractivity contribution >= 4 is 5.78 Å². The van der Waals surface area contributed by atoms with Gasteiger partial charge in [0.05, 0.1) is 0 Å². The monoisotopic (exact) mass is 216 g/mol. The second-order valence-electron chi connectivity index (χ2n) is 4.50. The van der Waals surface area contributed by atoms with Crippen LogP contribution in [0.4, 0.5) is 0 Å². The van der Waals surface area contributed by atoms with Gasteiger partial charge in [0, 0.05) is 5.56 Å². The summed E-state index contributed by atoms with van der Waals surface area (Å²) in [4.78, 5) is 11.3. The van der Waals surface area contributed by atoms with Gasteiger partial charge in [-0.15, -0.1) is 0 Å². The zero-order valence-electron chi connectivity index (χ0n) is 9.75. The van der Waals surface area contributed by atoms with E-state index < -0.39 is 0 Å². The quantitative estimate of drug-likeness (QED) is 0.560. The van der Waals surface area contributed by atoms with Crippen molar-refractivity contribution in [1.29, 1.82) is 0 Å². The van der Waals surface area contributed by atoms with Crippen LogP contribution in [-0.4, -0.2) is 11.4 Å². The van der Waals surface area contributed by atoms with Crippen LogP contribution in [0.1, 0.15) is 36.2 Å². The Balaban J connectivity index is 2.36. The molecule has 2 nitrogen and oxygen atoms in total. The molecule has 0 aliphatic carbocycles.